The fourth-order valence-corrected chi connectivity index (χ4v) is 2.06. The van der Waals surface area contributed by atoms with Gasteiger partial charge in [-0.25, -0.2) is 4.79 Å². The molecule has 0 bridgehead atoms. The summed E-state index contributed by atoms with van der Waals surface area (Å²) in [5, 5.41) is 18.2. The highest BCUT2D eigenvalue weighted by atomic mass is 16.5. The van der Waals surface area contributed by atoms with E-state index in [0.717, 1.165) is 0 Å². The van der Waals surface area contributed by atoms with Crippen molar-refractivity contribution in [1.29, 1.82) is 0 Å². The number of ether oxygens (including phenoxy) is 1. The average molecular weight is 290 g/mol. The first kappa shape index (κ1) is 14.6. The van der Waals surface area contributed by atoms with Gasteiger partial charge in [0.1, 0.15) is 17.4 Å². The minimum Gasteiger partial charge on any atom is -0.496 e. The van der Waals surface area contributed by atoms with Gasteiger partial charge in [-0.3, -0.25) is 4.79 Å². The van der Waals surface area contributed by atoms with Gasteiger partial charge < -0.3 is 19.4 Å². The lowest BCUT2D eigenvalue weighted by Crippen LogP contribution is -2.14. The number of methoxy groups -OCH3 is 1. The Balaban J connectivity index is 2.31. The number of hydrogen-bond donors (Lipinski definition) is 2. The first-order chi connectivity index (χ1) is 10.0. The normalized spacial score (nSPS) is 11.9. The Morgan fingerprint density at radius 2 is 1.90 bits per heavy atom. The number of benzene rings is 1. The number of aliphatic carboxylic acids is 1. The number of para-hydroxylation sites is 1. The molecule has 2 N–H and O–H groups in total. The molecule has 0 saturated carbocycles. The van der Waals surface area contributed by atoms with Gasteiger partial charge in [-0.15, -0.1) is 0 Å². The number of rotatable bonds is 6. The van der Waals surface area contributed by atoms with E-state index in [9.17, 15) is 14.7 Å². The Kier molecular flexibility index (Phi) is 4.27. The molecule has 6 heteroatoms. The largest absolute Gasteiger partial charge is 0.496 e. The second-order valence-electron chi connectivity index (χ2n) is 4.41. The molecule has 2 aromatic rings. The van der Waals surface area contributed by atoms with E-state index in [4.69, 9.17) is 14.3 Å². The van der Waals surface area contributed by atoms with Gasteiger partial charge in [0.15, 0.2) is 0 Å². The number of furan rings is 1. The summed E-state index contributed by atoms with van der Waals surface area (Å²) in [7, 11) is 1.50. The molecular weight excluding hydrogens is 276 g/mol. The van der Waals surface area contributed by atoms with E-state index in [1.807, 2.05) is 0 Å². The van der Waals surface area contributed by atoms with Crippen LogP contribution in [0.4, 0.5) is 0 Å². The Labute approximate surface area is 120 Å². The van der Waals surface area contributed by atoms with Crippen molar-refractivity contribution in [3.8, 4) is 5.75 Å². The van der Waals surface area contributed by atoms with Crippen molar-refractivity contribution in [1.82, 2.24) is 0 Å². The molecule has 6 nitrogen and oxygen atoms in total. The van der Waals surface area contributed by atoms with Crippen molar-refractivity contribution in [3.05, 3.63) is 53.5 Å². The number of carboxylic acids is 2. The maximum Gasteiger partial charge on any atom is 0.371 e. The second-order valence-corrected chi connectivity index (χ2v) is 4.41. The summed E-state index contributed by atoms with van der Waals surface area (Å²) < 4.78 is 10.3. The second kappa shape index (κ2) is 6.13. The Morgan fingerprint density at radius 3 is 2.48 bits per heavy atom. The summed E-state index contributed by atoms with van der Waals surface area (Å²) in [4.78, 5) is 22.2. The zero-order chi connectivity index (χ0) is 15.4. The van der Waals surface area contributed by atoms with Gasteiger partial charge in [-0.05, 0) is 30.2 Å². The van der Waals surface area contributed by atoms with Crippen LogP contribution >= 0.6 is 0 Å². The molecule has 0 fully saturated rings. The van der Waals surface area contributed by atoms with Crippen molar-refractivity contribution in [2.24, 2.45) is 0 Å². The van der Waals surface area contributed by atoms with Gasteiger partial charge in [0.25, 0.3) is 0 Å². The number of carbonyl (C=O) groups is 2. The molecule has 0 amide bonds. The number of carboxylic acid groups (broad SMARTS) is 2. The van der Waals surface area contributed by atoms with E-state index in [2.05, 4.69) is 0 Å². The fraction of sp³-hybridized carbons (Fsp3) is 0.200. The van der Waals surface area contributed by atoms with E-state index in [-0.39, 0.29) is 17.9 Å². The first-order valence-corrected chi connectivity index (χ1v) is 6.20. The Bertz CT molecular complexity index is 658. The maximum atomic E-state index is 11.4. The van der Waals surface area contributed by atoms with E-state index in [1.165, 1.54) is 19.2 Å². The van der Waals surface area contributed by atoms with Crippen LogP contribution in [0.2, 0.25) is 0 Å². The fourth-order valence-electron chi connectivity index (χ4n) is 2.06. The molecule has 2 rings (SSSR count). The van der Waals surface area contributed by atoms with Crippen LogP contribution in [0.5, 0.6) is 5.75 Å². The molecule has 0 radical (unpaired) electrons. The van der Waals surface area contributed by atoms with Gasteiger partial charge in [0.05, 0.1) is 7.11 Å². The lowest BCUT2D eigenvalue weighted by atomic mass is 9.96. The van der Waals surface area contributed by atoms with Crippen molar-refractivity contribution >= 4 is 11.9 Å². The molecule has 0 aliphatic carbocycles. The topological polar surface area (TPSA) is 97.0 Å². The van der Waals surface area contributed by atoms with Crippen molar-refractivity contribution in [2.45, 2.75) is 12.3 Å². The van der Waals surface area contributed by atoms with Gasteiger partial charge in [-0.1, -0.05) is 18.2 Å². The molecule has 1 atom stereocenters. The quantitative estimate of drug-likeness (QED) is 0.847. The Morgan fingerprint density at radius 1 is 1.19 bits per heavy atom. The van der Waals surface area contributed by atoms with E-state index >= 15 is 0 Å². The molecule has 1 heterocycles. The minimum atomic E-state index is -1.23. The van der Waals surface area contributed by atoms with E-state index in [0.29, 0.717) is 11.3 Å². The van der Waals surface area contributed by atoms with Crippen molar-refractivity contribution in [2.75, 3.05) is 7.11 Å². The maximum absolute atomic E-state index is 11.4. The summed E-state index contributed by atoms with van der Waals surface area (Å²) in [6, 6.07) is 9.68. The summed E-state index contributed by atoms with van der Waals surface area (Å²) in [5.74, 6) is -2.90. The van der Waals surface area contributed by atoms with E-state index in [1.54, 1.807) is 24.3 Å². The molecule has 0 spiro atoms. The molecule has 1 aromatic carbocycles. The third-order valence-electron chi connectivity index (χ3n) is 3.10. The SMILES string of the molecule is COc1ccccc1CC(C(=O)O)c1ccc(C(=O)O)o1. The van der Waals surface area contributed by atoms with Gasteiger partial charge >= 0.3 is 11.9 Å². The molecule has 1 aromatic heterocycles. The highest BCUT2D eigenvalue weighted by molar-refractivity contribution is 5.84. The average Bonchev–Trinajstić information content (AvgIpc) is 2.94. The van der Waals surface area contributed by atoms with Crippen LogP contribution in [0.25, 0.3) is 0 Å². The van der Waals surface area contributed by atoms with Crippen LogP contribution in [0.3, 0.4) is 0 Å². The van der Waals surface area contributed by atoms with Gasteiger partial charge in [-0.2, -0.15) is 0 Å². The number of hydrogen-bond acceptors (Lipinski definition) is 4. The highest BCUT2D eigenvalue weighted by Gasteiger charge is 2.26. The molecule has 0 saturated heterocycles. The molecule has 21 heavy (non-hydrogen) atoms. The summed E-state index contributed by atoms with van der Waals surface area (Å²) in [6.45, 7) is 0. The molecule has 0 aliphatic rings. The third-order valence-corrected chi connectivity index (χ3v) is 3.10. The number of aromatic carboxylic acids is 1. The van der Waals surface area contributed by atoms with Crippen molar-refractivity contribution in [3.63, 3.8) is 0 Å². The van der Waals surface area contributed by atoms with Crippen LogP contribution in [-0.2, 0) is 11.2 Å². The van der Waals surface area contributed by atoms with Crippen LogP contribution in [-0.4, -0.2) is 29.3 Å². The first-order valence-electron chi connectivity index (χ1n) is 6.20. The van der Waals surface area contributed by atoms with Crippen LogP contribution < -0.4 is 4.74 Å². The standard InChI is InChI=1S/C15H14O6/c1-20-11-5-3-2-4-9(11)8-10(14(16)17)12-6-7-13(21-12)15(18)19/h2-7,10H,8H2,1H3,(H,16,17)(H,18,19). The smallest absolute Gasteiger partial charge is 0.371 e. The molecule has 1 unspecified atom stereocenters. The van der Waals surface area contributed by atoms with E-state index < -0.39 is 17.9 Å². The predicted octanol–water partition coefficient (Wildman–Crippen LogP) is 2.40. The predicted molar refractivity (Wildman–Crippen MR) is 72.7 cm³/mol. The van der Waals surface area contributed by atoms with Crippen molar-refractivity contribution < 1.29 is 29.0 Å². The monoisotopic (exact) mass is 290 g/mol. The summed E-state index contributed by atoms with van der Waals surface area (Å²) >= 11 is 0. The minimum absolute atomic E-state index is 0.103. The molecular formula is C15H14O6. The summed E-state index contributed by atoms with van der Waals surface area (Å²) in [5.41, 5.74) is 0.709. The molecule has 0 aliphatic heterocycles. The zero-order valence-electron chi connectivity index (χ0n) is 11.3. The third kappa shape index (κ3) is 3.22. The highest BCUT2D eigenvalue weighted by Crippen LogP contribution is 2.28. The lowest BCUT2D eigenvalue weighted by Gasteiger charge is -2.12. The van der Waals surface area contributed by atoms with Gasteiger partial charge in [0.2, 0.25) is 5.76 Å². The molecule has 110 valence electrons. The zero-order valence-corrected chi connectivity index (χ0v) is 11.3. The lowest BCUT2D eigenvalue weighted by molar-refractivity contribution is -0.139. The van der Waals surface area contributed by atoms with Crippen LogP contribution in [0.15, 0.2) is 40.8 Å². The van der Waals surface area contributed by atoms with Crippen LogP contribution in [0.1, 0.15) is 27.8 Å². The summed E-state index contributed by atoms with van der Waals surface area (Å²) in [6.07, 6.45) is 0.145. The Hall–Kier alpha value is -2.76. The van der Waals surface area contributed by atoms with Gasteiger partial charge in [0, 0.05) is 0 Å². The van der Waals surface area contributed by atoms with Crippen LogP contribution in [0, 0.1) is 0 Å².